The quantitative estimate of drug-likeness (QED) is 0.151. The smallest absolute Gasteiger partial charge is 0.137 e. The van der Waals surface area contributed by atoms with Crippen LogP contribution in [-0.2, 0) is 0 Å². The third-order valence-electron chi connectivity index (χ3n) is 22.6. The molecule has 12 aromatic carbocycles. The molecule has 0 amide bonds. The monoisotopic (exact) mass is 1850 g/mol. The molecule has 0 radical (unpaired) electrons. The first-order valence-corrected chi connectivity index (χ1v) is 49.8. The second kappa shape index (κ2) is 44.7. The van der Waals surface area contributed by atoms with Crippen molar-refractivity contribution in [2.24, 2.45) is 0 Å². The van der Waals surface area contributed by atoms with Gasteiger partial charge >= 0.3 is 0 Å². The van der Waals surface area contributed by atoms with Crippen molar-refractivity contribution in [3.63, 3.8) is 0 Å². The van der Waals surface area contributed by atoms with Crippen LogP contribution in [0.15, 0.2) is 316 Å². The number of thiophene rings is 6. The highest BCUT2D eigenvalue weighted by Crippen LogP contribution is 2.34. The molecule has 0 aliphatic carbocycles. The Hall–Kier alpha value is -12.4. The zero-order valence-electron chi connectivity index (χ0n) is 80.6. The zero-order valence-corrected chi connectivity index (χ0v) is 85.5. The van der Waals surface area contributed by atoms with Gasteiger partial charge in [0.25, 0.3) is 0 Å². The molecule has 6 nitrogen and oxygen atoms in total. The Balaban J connectivity index is 0.000000122. The van der Waals surface area contributed by atoms with E-state index in [9.17, 15) is 0 Å². The Bertz CT molecular complexity index is 7280. The van der Waals surface area contributed by atoms with E-state index in [1.54, 1.807) is 18.8 Å². The van der Waals surface area contributed by atoms with Crippen LogP contribution in [0.2, 0.25) is 0 Å². The maximum absolute atomic E-state index is 5.50. The molecule has 0 aliphatic heterocycles. The number of hydrogen-bond donors (Lipinski definition) is 0. The number of rotatable bonds is 0. The van der Waals surface area contributed by atoms with E-state index < -0.39 is 0 Å². The van der Waals surface area contributed by atoms with E-state index in [1.807, 2.05) is 107 Å². The average Bonchev–Trinajstić information content (AvgIpc) is 1.68. The molecule has 0 spiro atoms. The summed E-state index contributed by atoms with van der Waals surface area (Å²) in [5.74, 6) is 2.94. The third kappa shape index (κ3) is 25.7. The average molecular weight is 1850 g/mol. The Morgan fingerprint density at radius 1 is 0.189 bits per heavy atom. The Morgan fingerprint density at radius 3 is 1.28 bits per heavy atom. The normalized spacial score (nSPS) is 10.7. The fourth-order valence-corrected chi connectivity index (χ4v) is 21.5. The minimum Gasteiger partial charge on any atom is -0.464 e. The van der Waals surface area contributed by atoms with Gasteiger partial charge in [-0.05, 0) is 390 Å². The number of aryl methyl sites for hydroxylation is 24. The minimum absolute atomic E-state index is 0.977. The van der Waals surface area contributed by atoms with Crippen molar-refractivity contribution in [1.82, 2.24) is 0 Å². The summed E-state index contributed by atoms with van der Waals surface area (Å²) in [6.07, 6.45) is 5.39. The molecule has 132 heavy (non-hydrogen) atoms. The van der Waals surface area contributed by atoms with Crippen molar-refractivity contribution in [1.29, 1.82) is 0 Å². The number of hydrogen-bond acceptors (Lipinski definition) is 12. The lowest BCUT2D eigenvalue weighted by molar-refractivity contribution is 0.576. The second-order valence-electron chi connectivity index (χ2n) is 34.7. The highest BCUT2D eigenvalue weighted by molar-refractivity contribution is 7.20. The summed E-state index contributed by atoms with van der Waals surface area (Å²) >= 11 is 11.1. The van der Waals surface area contributed by atoms with Crippen molar-refractivity contribution in [3.05, 3.63) is 422 Å². The van der Waals surface area contributed by atoms with Crippen LogP contribution in [0, 0.1) is 166 Å². The molecule has 0 atom stereocenters. The Labute approximate surface area is 802 Å². The molecule has 0 bridgehead atoms. The standard InChI is InChI=1S/6C10H10O.6C10H10S/c1-7-3-4-10-9(5-7)8(2)6-11-10;1-7-3-4-10-9(5-7)6-8(2)11-10;1-7-3-4-9-8(2)6-11-10(9)5-7;1-7-3-4-9-6-8(2)11-10(9)5-7;1-7-4-3-5-9-8(2)6-11-10(7)9;1-7-4-3-5-9-6-8(2)11-10(7)9;1-7-3-4-10-9(5-7)8(2)6-11-10;1-7-3-4-10-9(5-7)6-8(2)11-10;1-7-3-4-9-8(2)6-11-10(9)5-7;1-7-3-4-9-6-8(2)11-10(9)5-7;1-7-4-3-5-9-8(2)6-11-10(7)9;1-7-4-3-5-9-6-8(2)11-10(7)9/h12*3-6H,1-2H3. The van der Waals surface area contributed by atoms with Crippen LogP contribution >= 0.6 is 68.0 Å². The minimum atomic E-state index is 0.977. The first-order valence-electron chi connectivity index (χ1n) is 44.7. The van der Waals surface area contributed by atoms with Crippen molar-refractivity contribution < 1.29 is 26.5 Å². The topological polar surface area (TPSA) is 78.8 Å². The molecule has 0 unspecified atom stereocenters. The van der Waals surface area contributed by atoms with E-state index in [0.29, 0.717) is 0 Å². The first kappa shape index (κ1) is 97.2. The SMILES string of the molecule is Cc1cc2cccc(C)c2o1.Cc1cc2cccc(C)c2s1.Cc1ccc2c(C)coc2c1.Cc1ccc2c(C)csc2c1.Cc1ccc2cc(C)oc2c1.Cc1ccc2cc(C)sc2c1.Cc1ccc2oc(C)cc2c1.Cc1ccc2occ(C)c2c1.Cc1ccc2sc(C)cc2c1.Cc1ccc2scc(C)c2c1.Cc1coc2c(C)cccc12.Cc1csc2c(C)cccc12. The summed E-state index contributed by atoms with van der Waals surface area (Å²) in [4.78, 5) is 4.19. The molecule has 12 heteroatoms. The van der Waals surface area contributed by atoms with Gasteiger partial charge in [-0.15, -0.1) is 68.0 Å². The number of para-hydroxylation sites is 2. The van der Waals surface area contributed by atoms with E-state index in [1.165, 1.54) is 208 Å². The lowest BCUT2D eigenvalue weighted by atomic mass is 10.1. The van der Waals surface area contributed by atoms with Gasteiger partial charge in [0.2, 0.25) is 0 Å². The first-order chi connectivity index (χ1) is 63.2. The van der Waals surface area contributed by atoms with Crippen LogP contribution < -0.4 is 0 Å². The lowest BCUT2D eigenvalue weighted by Crippen LogP contribution is -1.71. The van der Waals surface area contributed by atoms with Crippen molar-refractivity contribution >= 4 is 194 Å². The van der Waals surface area contributed by atoms with Crippen LogP contribution in [0.4, 0.5) is 0 Å². The van der Waals surface area contributed by atoms with E-state index in [0.717, 1.165) is 50.8 Å². The summed E-state index contributed by atoms with van der Waals surface area (Å²) in [6, 6.07) is 89.5. The highest BCUT2D eigenvalue weighted by atomic mass is 32.1. The predicted octanol–water partition coefficient (Wildman–Crippen LogP) is 39.4. The summed E-state index contributed by atoms with van der Waals surface area (Å²) in [7, 11) is 0. The summed E-state index contributed by atoms with van der Waals surface area (Å²) in [5.41, 5.74) is 29.4. The molecule has 0 saturated heterocycles. The number of benzene rings is 12. The van der Waals surface area contributed by atoms with Gasteiger partial charge in [-0.3, -0.25) is 0 Å². The van der Waals surface area contributed by atoms with Gasteiger partial charge in [0.1, 0.15) is 50.8 Å². The molecule has 12 aromatic heterocycles. The molecular weight excluding hydrogens is 1730 g/mol. The predicted molar refractivity (Wildman–Crippen MR) is 582 cm³/mol. The highest BCUT2D eigenvalue weighted by Gasteiger charge is 2.10. The molecule has 24 rings (SSSR count). The van der Waals surface area contributed by atoms with Crippen molar-refractivity contribution in [2.45, 2.75) is 166 Å². The Kier molecular flexibility index (Phi) is 32.9. The summed E-state index contributed by atoms with van der Waals surface area (Å²) < 4.78 is 40.9. The van der Waals surface area contributed by atoms with Gasteiger partial charge in [0.05, 0.1) is 18.8 Å². The lowest BCUT2D eigenvalue weighted by Gasteiger charge is -1.93. The molecule has 0 aliphatic rings. The third-order valence-corrected chi connectivity index (χ3v) is 29.2. The summed E-state index contributed by atoms with van der Waals surface area (Å²) in [5, 5.41) is 22.3. The molecular formula is C120H120O6S6. The maximum atomic E-state index is 5.50. The van der Waals surface area contributed by atoms with Gasteiger partial charge in [-0.1, -0.05) is 180 Å². The van der Waals surface area contributed by atoms with Crippen LogP contribution in [0.3, 0.4) is 0 Å². The van der Waals surface area contributed by atoms with Crippen LogP contribution in [-0.4, -0.2) is 0 Å². The van der Waals surface area contributed by atoms with E-state index in [-0.39, 0.29) is 0 Å². The van der Waals surface area contributed by atoms with Gasteiger partial charge in [-0.25, -0.2) is 0 Å². The molecule has 0 N–H and O–H groups in total. The fourth-order valence-electron chi connectivity index (χ4n) is 15.5. The van der Waals surface area contributed by atoms with E-state index in [2.05, 4.69) is 398 Å². The number of furan rings is 6. The van der Waals surface area contributed by atoms with Gasteiger partial charge in [-0.2, -0.15) is 0 Å². The van der Waals surface area contributed by atoms with Crippen LogP contribution in [0.25, 0.3) is 126 Å². The maximum Gasteiger partial charge on any atom is 0.137 e. The fraction of sp³-hybridized carbons (Fsp3) is 0.200. The molecule has 0 fully saturated rings. The van der Waals surface area contributed by atoms with Gasteiger partial charge in [0.15, 0.2) is 0 Å². The molecule has 672 valence electrons. The molecule has 24 aromatic rings. The van der Waals surface area contributed by atoms with E-state index >= 15 is 0 Å². The zero-order chi connectivity index (χ0) is 94.1. The van der Waals surface area contributed by atoms with Gasteiger partial charge < -0.3 is 26.5 Å². The second-order valence-corrected chi connectivity index (χ2v) is 41.2. The van der Waals surface area contributed by atoms with Crippen LogP contribution in [0.1, 0.15) is 132 Å². The van der Waals surface area contributed by atoms with E-state index in [4.69, 9.17) is 26.5 Å². The summed E-state index contributed by atoms with van der Waals surface area (Å²) in [6.45, 7) is 50.3. The van der Waals surface area contributed by atoms with Crippen LogP contribution in [0.5, 0.6) is 0 Å². The molecule has 12 heterocycles. The largest absolute Gasteiger partial charge is 0.464 e. The number of fused-ring (bicyclic) bond motifs is 12. The van der Waals surface area contributed by atoms with Gasteiger partial charge in [0, 0.05) is 75.1 Å². The Morgan fingerprint density at radius 2 is 0.614 bits per heavy atom. The van der Waals surface area contributed by atoms with Crippen molar-refractivity contribution in [3.8, 4) is 0 Å². The molecule has 0 saturated carbocycles. The van der Waals surface area contributed by atoms with Crippen molar-refractivity contribution in [2.75, 3.05) is 0 Å².